The molecule has 1 aromatic carbocycles. The second-order valence-corrected chi connectivity index (χ2v) is 5.13. The number of hydrogen-bond acceptors (Lipinski definition) is 3. The highest BCUT2D eigenvalue weighted by Crippen LogP contribution is 2.28. The third kappa shape index (κ3) is 2.94. The lowest BCUT2D eigenvalue weighted by Gasteiger charge is -2.18. The molecule has 0 fully saturated rings. The normalized spacial score (nSPS) is 12.6. The van der Waals surface area contributed by atoms with Gasteiger partial charge in [-0.1, -0.05) is 19.1 Å². The van der Waals surface area contributed by atoms with Gasteiger partial charge < -0.3 is 5.32 Å². The molecule has 0 saturated heterocycles. The molecule has 96 valence electrons. The molecule has 1 unspecified atom stereocenters. The minimum absolute atomic E-state index is 0.109. The fourth-order valence-corrected chi connectivity index (χ4v) is 2.80. The molecule has 2 rings (SSSR count). The molecule has 0 bridgehead atoms. The molecule has 1 N–H and O–H groups in total. The van der Waals surface area contributed by atoms with Gasteiger partial charge in [0.2, 0.25) is 0 Å². The molecule has 4 heteroatoms. The van der Waals surface area contributed by atoms with Gasteiger partial charge in [-0.15, -0.1) is 11.3 Å². The van der Waals surface area contributed by atoms with E-state index in [9.17, 15) is 4.39 Å². The van der Waals surface area contributed by atoms with Crippen molar-refractivity contribution in [2.75, 3.05) is 6.54 Å². The van der Waals surface area contributed by atoms with Crippen LogP contribution in [0.3, 0.4) is 0 Å². The Kier molecular flexibility index (Phi) is 4.44. The quantitative estimate of drug-likeness (QED) is 0.891. The Hall–Kier alpha value is -1.26. The maximum absolute atomic E-state index is 13.0. The lowest BCUT2D eigenvalue weighted by atomic mass is 10.0. The van der Waals surface area contributed by atoms with E-state index in [0.29, 0.717) is 0 Å². The van der Waals surface area contributed by atoms with Crippen molar-refractivity contribution in [1.82, 2.24) is 10.3 Å². The van der Waals surface area contributed by atoms with Crippen molar-refractivity contribution in [2.45, 2.75) is 26.3 Å². The average Bonchev–Trinajstić information content (AvgIpc) is 2.78. The zero-order valence-electron chi connectivity index (χ0n) is 10.6. The van der Waals surface area contributed by atoms with E-state index < -0.39 is 0 Å². The van der Waals surface area contributed by atoms with E-state index in [1.54, 1.807) is 11.3 Å². The van der Waals surface area contributed by atoms with Crippen molar-refractivity contribution in [1.29, 1.82) is 0 Å². The van der Waals surface area contributed by atoms with E-state index >= 15 is 0 Å². The van der Waals surface area contributed by atoms with Crippen molar-refractivity contribution < 1.29 is 4.39 Å². The van der Waals surface area contributed by atoms with Gasteiger partial charge >= 0.3 is 0 Å². The molecule has 18 heavy (non-hydrogen) atoms. The van der Waals surface area contributed by atoms with Crippen LogP contribution in [0.2, 0.25) is 0 Å². The summed E-state index contributed by atoms with van der Waals surface area (Å²) in [7, 11) is 0. The van der Waals surface area contributed by atoms with Gasteiger partial charge in [0.05, 0.1) is 17.2 Å². The fourth-order valence-electron chi connectivity index (χ4n) is 1.89. The van der Waals surface area contributed by atoms with Crippen LogP contribution in [0.15, 0.2) is 29.8 Å². The molecule has 2 nitrogen and oxygen atoms in total. The van der Waals surface area contributed by atoms with E-state index in [1.165, 1.54) is 17.0 Å². The molecule has 0 aliphatic heterocycles. The van der Waals surface area contributed by atoms with Crippen LogP contribution >= 0.6 is 11.3 Å². The Morgan fingerprint density at radius 3 is 2.61 bits per heavy atom. The van der Waals surface area contributed by atoms with E-state index in [-0.39, 0.29) is 11.9 Å². The van der Waals surface area contributed by atoms with Crippen LogP contribution in [0, 0.1) is 12.7 Å². The molecule has 0 aliphatic rings. The van der Waals surface area contributed by atoms with Gasteiger partial charge in [0, 0.05) is 4.88 Å². The SMILES string of the molecule is CCCNC(c1ccc(F)cc1)c1scnc1C. The zero-order valence-corrected chi connectivity index (χ0v) is 11.4. The van der Waals surface area contributed by atoms with Crippen LogP contribution in [0.25, 0.3) is 0 Å². The summed E-state index contributed by atoms with van der Waals surface area (Å²) in [5.41, 5.74) is 3.98. The second kappa shape index (κ2) is 6.07. The van der Waals surface area contributed by atoms with Crippen molar-refractivity contribution in [3.63, 3.8) is 0 Å². The molecule has 2 aromatic rings. The van der Waals surface area contributed by atoms with Gasteiger partial charge in [-0.3, -0.25) is 0 Å². The van der Waals surface area contributed by atoms with Crippen molar-refractivity contribution in [3.05, 3.63) is 51.7 Å². The first-order valence-corrected chi connectivity index (χ1v) is 6.99. The Bertz CT molecular complexity index is 493. The van der Waals surface area contributed by atoms with E-state index in [1.807, 2.05) is 24.6 Å². The van der Waals surface area contributed by atoms with Crippen molar-refractivity contribution >= 4 is 11.3 Å². The molecular formula is C14H17FN2S. The molecule has 1 heterocycles. The summed E-state index contributed by atoms with van der Waals surface area (Å²) >= 11 is 1.64. The van der Waals surface area contributed by atoms with Gasteiger partial charge in [0.25, 0.3) is 0 Å². The minimum atomic E-state index is -0.200. The Morgan fingerprint density at radius 2 is 2.06 bits per heavy atom. The van der Waals surface area contributed by atoms with Crippen LogP contribution in [0.5, 0.6) is 0 Å². The number of benzene rings is 1. The monoisotopic (exact) mass is 264 g/mol. The van der Waals surface area contributed by atoms with E-state index in [2.05, 4.69) is 17.2 Å². The molecule has 0 saturated carbocycles. The molecule has 1 atom stereocenters. The summed E-state index contributed by atoms with van der Waals surface area (Å²) in [5.74, 6) is -0.200. The van der Waals surface area contributed by atoms with Crippen LogP contribution < -0.4 is 5.32 Å². The van der Waals surface area contributed by atoms with E-state index in [4.69, 9.17) is 0 Å². The van der Waals surface area contributed by atoms with Gasteiger partial charge in [0.1, 0.15) is 5.82 Å². The van der Waals surface area contributed by atoms with Crippen LogP contribution in [0.4, 0.5) is 4.39 Å². The summed E-state index contributed by atoms with van der Waals surface area (Å²) < 4.78 is 13.0. The smallest absolute Gasteiger partial charge is 0.123 e. The van der Waals surface area contributed by atoms with Crippen molar-refractivity contribution in [2.24, 2.45) is 0 Å². The zero-order chi connectivity index (χ0) is 13.0. The number of thiazole rings is 1. The first-order chi connectivity index (χ1) is 8.72. The summed E-state index contributed by atoms with van der Waals surface area (Å²) in [6, 6.07) is 6.79. The second-order valence-electron chi connectivity index (χ2n) is 4.24. The molecular weight excluding hydrogens is 247 g/mol. The fraction of sp³-hybridized carbons (Fsp3) is 0.357. The van der Waals surface area contributed by atoms with Crippen molar-refractivity contribution in [3.8, 4) is 0 Å². The minimum Gasteiger partial charge on any atom is -0.306 e. The average molecular weight is 264 g/mol. The summed E-state index contributed by atoms with van der Waals surface area (Å²) in [6.45, 7) is 5.07. The number of nitrogens with zero attached hydrogens (tertiary/aromatic N) is 1. The Morgan fingerprint density at radius 1 is 1.33 bits per heavy atom. The Labute approximate surface area is 111 Å². The molecule has 0 spiro atoms. The lowest BCUT2D eigenvalue weighted by Crippen LogP contribution is -2.23. The molecule has 0 radical (unpaired) electrons. The van der Waals surface area contributed by atoms with Crippen LogP contribution in [-0.2, 0) is 0 Å². The third-order valence-corrected chi connectivity index (χ3v) is 3.84. The molecule has 1 aromatic heterocycles. The maximum atomic E-state index is 13.0. The Balaban J connectivity index is 2.30. The van der Waals surface area contributed by atoms with Gasteiger partial charge in [0.15, 0.2) is 0 Å². The molecule has 0 amide bonds. The highest BCUT2D eigenvalue weighted by molar-refractivity contribution is 7.09. The molecule has 0 aliphatic carbocycles. The largest absolute Gasteiger partial charge is 0.306 e. The van der Waals surface area contributed by atoms with Gasteiger partial charge in [-0.05, 0) is 37.6 Å². The number of nitrogens with one attached hydrogen (secondary N) is 1. The lowest BCUT2D eigenvalue weighted by molar-refractivity contribution is 0.596. The number of halogens is 1. The summed E-state index contributed by atoms with van der Waals surface area (Å²) in [5, 5.41) is 3.50. The number of rotatable bonds is 5. The number of aromatic nitrogens is 1. The number of aryl methyl sites for hydroxylation is 1. The summed E-state index contributed by atoms with van der Waals surface area (Å²) in [6.07, 6.45) is 1.07. The van der Waals surface area contributed by atoms with Crippen LogP contribution in [0.1, 0.15) is 35.5 Å². The topological polar surface area (TPSA) is 24.9 Å². The summed E-state index contributed by atoms with van der Waals surface area (Å²) in [4.78, 5) is 5.50. The predicted molar refractivity (Wildman–Crippen MR) is 73.4 cm³/mol. The highest BCUT2D eigenvalue weighted by atomic mass is 32.1. The highest BCUT2D eigenvalue weighted by Gasteiger charge is 2.17. The van der Waals surface area contributed by atoms with Crippen LogP contribution in [-0.4, -0.2) is 11.5 Å². The third-order valence-electron chi connectivity index (χ3n) is 2.85. The standard InChI is InChI=1S/C14H17FN2S/c1-3-8-16-13(14-10(2)17-9-18-14)11-4-6-12(15)7-5-11/h4-7,9,13,16H,3,8H2,1-2H3. The first kappa shape index (κ1) is 13.2. The van der Waals surface area contributed by atoms with Gasteiger partial charge in [-0.25, -0.2) is 9.37 Å². The number of hydrogen-bond donors (Lipinski definition) is 1. The predicted octanol–water partition coefficient (Wildman–Crippen LogP) is 3.68. The van der Waals surface area contributed by atoms with Gasteiger partial charge in [-0.2, -0.15) is 0 Å². The maximum Gasteiger partial charge on any atom is 0.123 e. The van der Waals surface area contributed by atoms with E-state index in [0.717, 1.165) is 24.2 Å². The first-order valence-electron chi connectivity index (χ1n) is 6.11.